The molecule has 2 rings (SSSR count). The highest BCUT2D eigenvalue weighted by molar-refractivity contribution is 9.10. The number of amides is 1. The summed E-state index contributed by atoms with van der Waals surface area (Å²) in [7, 11) is 1.26. The third-order valence-electron chi connectivity index (χ3n) is 3.15. The van der Waals surface area contributed by atoms with Gasteiger partial charge in [-0.3, -0.25) is 4.79 Å². The second-order valence-electron chi connectivity index (χ2n) is 5.02. The summed E-state index contributed by atoms with van der Waals surface area (Å²) in [6.45, 7) is 1.68. The monoisotopic (exact) mass is 392 g/mol. The summed E-state index contributed by atoms with van der Waals surface area (Å²) >= 11 is 3.36. The summed E-state index contributed by atoms with van der Waals surface area (Å²) in [6, 6.07) is 11.1. The fourth-order valence-electron chi connectivity index (χ4n) is 1.94. The van der Waals surface area contributed by atoms with E-state index in [2.05, 4.69) is 25.7 Å². The highest BCUT2D eigenvalue weighted by Gasteiger charge is 2.24. The number of aromatic nitrogens is 1. The summed E-state index contributed by atoms with van der Waals surface area (Å²) in [5, 5.41) is 0. The summed E-state index contributed by atoms with van der Waals surface area (Å²) in [5.41, 5.74) is 1.76. The van der Waals surface area contributed by atoms with Gasteiger partial charge in [-0.2, -0.15) is 0 Å². The van der Waals surface area contributed by atoms with E-state index in [1.807, 2.05) is 37.3 Å². The molecule has 0 radical (unpaired) electrons. The predicted octanol–water partition coefficient (Wildman–Crippen LogP) is 3.47. The molecule has 0 saturated carbocycles. The number of hydrogen-bond acceptors (Lipinski definition) is 5. The van der Waals surface area contributed by atoms with Gasteiger partial charge in [-0.1, -0.05) is 30.3 Å². The first-order valence-electron chi connectivity index (χ1n) is 7.18. The maximum absolute atomic E-state index is 12.4. The normalized spacial score (nSPS) is 10.1. The molecule has 0 atom stereocenters. The Bertz CT molecular complexity index is 722. The van der Waals surface area contributed by atoms with Gasteiger partial charge in [0, 0.05) is 6.20 Å². The molecule has 0 aliphatic rings. The van der Waals surface area contributed by atoms with E-state index in [4.69, 9.17) is 4.74 Å². The SMILES string of the molecule is COC(=O)CN(C(=O)OCc1ccccc1)c1ncc(C)cc1Br. The average molecular weight is 393 g/mol. The van der Waals surface area contributed by atoms with Crippen molar-refractivity contribution in [2.75, 3.05) is 18.6 Å². The first-order chi connectivity index (χ1) is 11.5. The van der Waals surface area contributed by atoms with Crippen LogP contribution in [0.4, 0.5) is 10.6 Å². The second kappa shape index (κ2) is 8.44. The third-order valence-corrected chi connectivity index (χ3v) is 3.74. The highest BCUT2D eigenvalue weighted by atomic mass is 79.9. The molecule has 1 aromatic carbocycles. The molecule has 24 heavy (non-hydrogen) atoms. The smallest absolute Gasteiger partial charge is 0.416 e. The zero-order valence-electron chi connectivity index (χ0n) is 13.4. The number of rotatable bonds is 5. The minimum Gasteiger partial charge on any atom is -0.468 e. The lowest BCUT2D eigenvalue weighted by Crippen LogP contribution is -2.37. The first kappa shape index (κ1) is 17.9. The number of ether oxygens (including phenoxy) is 2. The Labute approximate surface area is 148 Å². The van der Waals surface area contributed by atoms with E-state index >= 15 is 0 Å². The molecule has 126 valence electrons. The second-order valence-corrected chi connectivity index (χ2v) is 5.87. The van der Waals surface area contributed by atoms with Crippen LogP contribution >= 0.6 is 15.9 Å². The van der Waals surface area contributed by atoms with Crippen molar-refractivity contribution >= 4 is 33.8 Å². The van der Waals surface area contributed by atoms with E-state index in [0.29, 0.717) is 10.3 Å². The van der Waals surface area contributed by atoms with E-state index in [9.17, 15) is 9.59 Å². The zero-order valence-corrected chi connectivity index (χ0v) is 14.9. The van der Waals surface area contributed by atoms with Crippen LogP contribution in [-0.4, -0.2) is 30.7 Å². The average Bonchev–Trinajstić information content (AvgIpc) is 2.59. The van der Waals surface area contributed by atoms with Crippen LogP contribution in [0, 0.1) is 6.92 Å². The van der Waals surface area contributed by atoms with Crippen LogP contribution in [0.2, 0.25) is 0 Å². The van der Waals surface area contributed by atoms with E-state index in [1.54, 1.807) is 12.3 Å². The van der Waals surface area contributed by atoms with E-state index in [-0.39, 0.29) is 13.2 Å². The number of benzene rings is 1. The summed E-state index contributed by atoms with van der Waals surface area (Å²) < 4.78 is 10.5. The van der Waals surface area contributed by atoms with Crippen molar-refractivity contribution in [2.24, 2.45) is 0 Å². The minimum atomic E-state index is -0.679. The molecule has 0 bridgehead atoms. The van der Waals surface area contributed by atoms with Crippen LogP contribution in [0.25, 0.3) is 0 Å². The fraction of sp³-hybridized carbons (Fsp3) is 0.235. The molecule has 6 nitrogen and oxygen atoms in total. The first-order valence-corrected chi connectivity index (χ1v) is 7.97. The maximum atomic E-state index is 12.4. The molecule has 2 aromatic rings. The Morgan fingerprint density at radius 2 is 1.96 bits per heavy atom. The third kappa shape index (κ3) is 4.79. The van der Waals surface area contributed by atoms with Gasteiger partial charge in [0.2, 0.25) is 0 Å². The highest BCUT2D eigenvalue weighted by Crippen LogP contribution is 2.25. The molecule has 0 aliphatic heterocycles. The largest absolute Gasteiger partial charge is 0.468 e. The molecule has 0 unspecified atom stereocenters. The lowest BCUT2D eigenvalue weighted by molar-refractivity contribution is -0.138. The van der Waals surface area contributed by atoms with Crippen LogP contribution in [-0.2, 0) is 20.9 Å². The van der Waals surface area contributed by atoms with Crippen molar-refractivity contribution in [1.29, 1.82) is 0 Å². The Kier molecular flexibility index (Phi) is 6.31. The van der Waals surface area contributed by atoms with Gasteiger partial charge < -0.3 is 9.47 Å². The van der Waals surface area contributed by atoms with Gasteiger partial charge in [0.1, 0.15) is 13.2 Å². The summed E-state index contributed by atoms with van der Waals surface area (Å²) in [5.74, 6) is -0.273. The Morgan fingerprint density at radius 3 is 2.58 bits per heavy atom. The van der Waals surface area contributed by atoms with Crippen molar-refractivity contribution < 1.29 is 19.1 Å². The van der Waals surface area contributed by atoms with Gasteiger partial charge in [-0.05, 0) is 40.0 Å². The van der Waals surface area contributed by atoms with Crippen molar-refractivity contribution in [3.8, 4) is 0 Å². The van der Waals surface area contributed by atoms with E-state index in [1.165, 1.54) is 7.11 Å². The quantitative estimate of drug-likeness (QED) is 0.728. The number of aryl methyl sites for hydroxylation is 1. The Balaban J connectivity index is 2.18. The molecular formula is C17H17BrN2O4. The number of carbonyl (C=O) groups excluding carboxylic acids is 2. The van der Waals surface area contributed by atoms with Gasteiger partial charge in [0.05, 0.1) is 11.6 Å². The molecule has 1 aromatic heterocycles. The number of carbonyl (C=O) groups is 2. The number of halogens is 1. The van der Waals surface area contributed by atoms with Gasteiger partial charge in [-0.15, -0.1) is 0 Å². The molecule has 0 aliphatic carbocycles. The molecule has 1 amide bonds. The minimum absolute atomic E-state index is 0.0980. The predicted molar refractivity (Wildman–Crippen MR) is 92.7 cm³/mol. The fourth-order valence-corrected chi connectivity index (χ4v) is 2.62. The summed E-state index contributed by atoms with van der Waals surface area (Å²) in [4.78, 5) is 29.4. The maximum Gasteiger partial charge on any atom is 0.416 e. The number of nitrogens with zero attached hydrogens (tertiary/aromatic N) is 2. The van der Waals surface area contributed by atoms with E-state index in [0.717, 1.165) is 16.0 Å². The number of methoxy groups -OCH3 is 1. The Morgan fingerprint density at radius 1 is 1.25 bits per heavy atom. The standard InChI is InChI=1S/C17H17BrN2O4/c1-12-8-14(18)16(19-9-12)20(10-15(21)23-2)17(22)24-11-13-6-4-3-5-7-13/h3-9H,10-11H2,1-2H3. The molecule has 7 heteroatoms. The molecular weight excluding hydrogens is 376 g/mol. The molecule has 0 spiro atoms. The lowest BCUT2D eigenvalue weighted by Gasteiger charge is -2.21. The molecule has 0 N–H and O–H groups in total. The van der Waals surface area contributed by atoms with Crippen molar-refractivity contribution in [1.82, 2.24) is 4.98 Å². The van der Waals surface area contributed by atoms with Crippen molar-refractivity contribution in [3.63, 3.8) is 0 Å². The van der Waals surface area contributed by atoms with Gasteiger partial charge in [0.15, 0.2) is 5.82 Å². The topological polar surface area (TPSA) is 68.7 Å². The van der Waals surface area contributed by atoms with Gasteiger partial charge in [0.25, 0.3) is 0 Å². The van der Waals surface area contributed by atoms with Crippen LogP contribution in [0.3, 0.4) is 0 Å². The molecule has 1 heterocycles. The molecule has 0 fully saturated rings. The number of esters is 1. The number of pyridine rings is 1. The van der Waals surface area contributed by atoms with Crippen LogP contribution in [0.1, 0.15) is 11.1 Å². The number of anilines is 1. The van der Waals surface area contributed by atoms with Crippen LogP contribution in [0.15, 0.2) is 47.1 Å². The van der Waals surface area contributed by atoms with Crippen molar-refractivity contribution in [3.05, 3.63) is 58.2 Å². The van der Waals surface area contributed by atoms with Crippen LogP contribution < -0.4 is 4.90 Å². The van der Waals surface area contributed by atoms with Crippen molar-refractivity contribution in [2.45, 2.75) is 13.5 Å². The lowest BCUT2D eigenvalue weighted by atomic mass is 10.2. The van der Waals surface area contributed by atoms with Gasteiger partial charge in [-0.25, -0.2) is 14.7 Å². The van der Waals surface area contributed by atoms with Crippen LogP contribution in [0.5, 0.6) is 0 Å². The molecule has 0 saturated heterocycles. The van der Waals surface area contributed by atoms with Gasteiger partial charge >= 0.3 is 12.1 Å². The zero-order chi connectivity index (χ0) is 17.5. The summed E-state index contributed by atoms with van der Waals surface area (Å²) in [6.07, 6.45) is 0.927. The number of hydrogen-bond donors (Lipinski definition) is 0. The van der Waals surface area contributed by atoms with E-state index < -0.39 is 12.1 Å². The Hall–Kier alpha value is -2.41.